The van der Waals surface area contributed by atoms with Gasteiger partial charge in [0, 0.05) is 12.5 Å². The molecule has 3 heteroatoms. The van der Waals surface area contributed by atoms with Crippen molar-refractivity contribution in [3.8, 4) is 0 Å². The van der Waals surface area contributed by atoms with E-state index in [0.29, 0.717) is 5.92 Å². The van der Waals surface area contributed by atoms with E-state index in [-0.39, 0.29) is 11.4 Å². The maximum Gasteiger partial charge on any atom is 0.313 e. The van der Waals surface area contributed by atoms with Crippen molar-refractivity contribution in [2.24, 2.45) is 5.41 Å². The van der Waals surface area contributed by atoms with Gasteiger partial charge in [-0.15, -0.1) is 0 Å². The van der Waals surface area contributed by atoms with Crippen molar-refractivity contribution in [2.45, 2.75) is 25.2 Å². The van der Waals surface area contributed by atoms with Crippen LogP contribution in [-0.4, -0.2) is 37.6 Å². The van der Waals surface area contributed by atoms with Crippen molar-refractivity contribution in [2.75, 3.05) is 26.7 Å². The van der Waals surface area contributed by atoms with Crippen LogP contribution in [0.4, 0.5) is 0 Å². The highest BCUT2D eigenvalue weighted by Crippen LogP contribution is 2.60. The van der Waals surface area contributed by atoms with Crippen LogP contribution in [0.25, 0.3) is 0 Å². The summed E-state index contributed by atoms with van der Waals surface area (Å²) in [6.07, 6.45) is 3.45. The van der Waals surface area contributed by atoms with E-state index in [1.807, 2.05) is 18.2 Å². The molecule has 3 nitrogen and oxygen atoms in total. The number of likely N-dealkylation sites (tertiary alicyclic amines) is 1. The average Bonchev–Trinajstić information content (AvgIpc) is 2.95. The van der Waals surface area contributed by atoms with Crippen LogP contribution in [0.1, 0.15) is 30.7 Å². The summed E-state index contributed by atoms with van der Waals surface area (Å²) in [6.45, 7) is 3.11. The van der Waals surface area contributed by atoms with Gasteiger partial charge < -0.3 is 9.64 Å². The molecule has 0 aromatic heterocycles. The average molecular weight is 259 g/mol. The Bertz CT molecular complexity index is 453. The number of hydrogen-bond donors (Lipinski definition) is 0. The highest BCUT2D eigenvalue weighted by atomic mass is 16.5. The lowest BCUT2D eigenvalue weighted by molar-refractivity contribution is -0.148. The predicted molar refractivity (Wildman–Crippen MR) is 73.9 cm³/mol. The molecule has 1 saturated heterocycles. The Labute approximate surface area is 114 Å². The molecule has 2 fully saturated rings. The van der Waals surface area contributed by atoms with Gasteiger partial charge in [0.15, 0.2) is 0 Å². The van der Waals surface area contributed by atoms with E-state index in [9.17, 15) is 4.79 Å². The third-order valence-electron chi connectivity index (χ3n) is 4.57. The van der Waals surface area contributed by atoms with Gasteiger partial charge in [-0.25, -0.2) is 0 Å². The molecule has 1 aliphatic carbocycles. The first-order chi connectivity index (χ1) is 9.26. The first kappa shape index (κ1) is 12.7. The van der Waals surface area contributed by atoms with E-state index in [2.05, 4.69) is 17.0 Å². The van der Waals surface area contributed by atoms with Crippen LogP contribution in [0.2, 0.25) is 0 Å². The topological polar surface area (TPSA) is 29.5 Å². The molecule has 0 amide bonds. The highest BCUT2D eigenvalue weighted by molar-refractivity contribution is 5.82. The third kappa shape index (κ3) is 2.27. The SMILES string of the molecule is COC(=O)[C@]1(CN2CCCC2)C[C@@H]1c1ccccc1. The van der Waals surface area contributed by atoms with E-state index >= 15 is 0 Å². The molecule has 1 aromatic carbocycles. The van der Waals surface area contributed by atoms with E-state index in [4.69, 9.17) is 4.74 Å². The summed E-state index contributed by atoms with van der Waals surface area (Å²) in [7, 11) is 1.51. The van der Waals surface area contributed by atoms with E-state index in [1.54, 1.807) is 0 Å². The molecule has 0 spiro atoms. The van der Waals surface area contributed by atoms with E-state index in [1.165, 1.54) is 25.5 Å². The number of benzene rings is 1. The fourth-order valence-corrected chi connectivity index (χ4v) is 3.44. The first-order valence-corrected chi connectivity index (χ1v) is 7.12. The molecule has 3 rings (SSSR count). The fourth-order valence-electron chi connectivity index (χ4n) is 3.44. The van der Waals surface area contributed by atoms with Gasteiger partial charge in [-0.05, 0) is 37.9 Å². The van der Waals surface area contributed by atoms with E-state index in [0.717, 1.165) is 26.1 Å². The van der Waals surface area contributed by atoms with Crippen LogP contribution >= 0.6 is 0 Å². The Morgan fingerprint density at radius 1 is 1.32 bits per heavy atom. The largest absolute Gasteiger partial charge is 0.469 e. The molecule has 0 N–H and O–H groups in total. The van der Waals surface area contributed by atoms with Crippen molar-refractivity contribution in [1.82, 2.24) is 4.90 Å². The quantitative estimate of drug-likeness (QED) is 0.778. The van der Waals surface area contributed by atoms with Gasteiger partial charge >= 0.3 is 5.97 Å². The number of hydrogen-bond acceptors (Lipinski definition) is 3. The Morgan fingerprint density at radius 2 is 2.00 bits per heavy atom. The van der Waals surface area contributed by atoms with Gasteiger partial charge in [0.1, 0.15) is 0 Å². The summed E-state index contributed by atoms with van der Waals surface area (Å²) in [5, 5.41) is 0. The number of nitrogens with zero attached hydrogens (tertiary/aromatic N) is 1. The van der Waals surface area contributed by atoms with Crippen LogP contribution in [-0.2, 0) is 9.53 Å². The second-order valence-electron chi connectivity index (χ2n) is 5.80. The second kappa shape index (κ2) is 4.97. The maximum atomic E-state index is 12.2. The Morgan fingerprint density at radius 3 is 2.63 bits per heavy atom. The van der Waals surface area contributed by atoms with Crippen LogP contribution < -0.4 is 0 Å². The number of ether oxygens (including phenoxy) is 1. The lowest BCUT2D eigenvalue weighted by Gasteiger charge is -2.22. The molecule has 0 radical (unpaired) electrons. The summed E-state index contributed by atoms with van der Waals surface area (Å²) in [6, 6.07) is 10.4. The normalized spacial score (nSPS) is 30.3. The van der Waals surface area contributed by atoms with Crippen molar-refractivity contribution >= 4 is 5.97 Å². The molecule has 1 aliphatic heterocycles. The molecule has 19 heavy (non-hydrogen) atoms. The number of carbonyl (C=O) groups is 1. The summed E-state index contributed by atoms with van der Waals surface area (Å²) >= 11 is 0. The summed E-state index contributed by atoms with van der Waals surface area (Å²) in [5.41, 5.74) is 0.979. The van der Waals surface area contributed by atoms with Crippen LogP contribution in [0.3, 0.4) is 0 Å². The molecule has 2 atom stereocenters. The third-order valence-corrected chi connectivity index (χ3v) is 4.57. The second-order valence-corrected chi connectivity index (χ2v) is 5.80. The van der Waals surface area contributed by atoms with Crippen molar-refractivity contribution in [3.63, 3.8) is 0 Å². The Kier molecular flexibility index (Phi) is 3.31. The fraction of sp³-hybridized carbons (Fsp3) is 0.562. The molecular weight excluding hydrogens is 238 g/mol. The van der Waals surface area contributed by atoms with Crippen LogP contribution in [0.5, 0.6) is 0 Å². The van der Waals surface area contributed by atoms with Crippen molar-refractivity contribution in [1.29, 1.82) is 0 Å². The Hall–Kier alpha value is -1.35. The number of methoxy groups -OCH3 is 1. The Balaban J connectivity index is 1.78. The lowest BCUT2D eigenvalue weighted by atomic mass is 9.98. The van der Waals surface area contributed by atoms with Gasteiger partial charge in [-0.2, -0.15) is 0 Å². The van der Waals surface area contributed by atoms with Crippen LogP contribution in [0.15, 0.2) is 30.3 Å². The zero-order valence-corrected chi connectivity index (χ0v) is 11.5. The zero-order chi connectivity index (χ0) is 13.3. The highest BCUT2D eigenvalue weighted by Gasteiger charge is 2.62. The summed E-state index contributed by atoms with van der Waals surface area (Å²) in [5.74, 6) is 0.301. The van der Waals surface area contributed by atoms with E-state index < -0.39 is 0 Å². The van der Waals surface area contributed by atoms with Gasteiger partial charge in [-0.1, -0.05) is 30.3 Å². The van der Waals surface area contributed by atoms with Gasteiger partial charge in [-0.3, -0.25) is 4.79 Å². The van der Waals surface area contributed by atoms with Crippen LogP contribution in [0, 0.1) is 5.41 Å². The molecule has 2 aliphatic rings. The minimum absolute atomic E-state index is 0.0340. The number of carbonyl (C=O) groups excluding carboxylic acids is 1. The molecule has 0 bridgehead atoms. The zero-order valence-electron chi connectivity index (χ0n) is 11.5. The minimum Gasteiger partial charge on any atom is -0.469 e. The summed E-state index contributed by atoms with van der Waals surface area (Å²) < 4.78 is 5.07. The van der Waals surface area contributed by atoms with Crippen molar-refractivity contribution in [3.05, 3.63) is 35.9 Å². The summed E-state index contributed by atoms with van der Waals surface area (Å²) in [4.78, 5) is 14.6. The van der Waals surface area contributed by atoms with Gasteiger partial charge in [0.2, 0.25) is 0 Å². The minimum atomic E-state index is -0.291. The molecule has 1 aromatic rings. The number of esters is 1. The monoisotopic (exact) mass is 259 g/mol. The molecule has 1 saturated carbocycles. The lowest BCUT2D eigenvalue weighted by Crippen LogP contribution is -2.34. The molecule has 102 valence electrons. The first-order valence-electron chi connectivity index (χ1n) is 7.12. The smallest absolute Gasteiger partial charge is 0.313 e. The number of rotatable bonds is 4. The molecular formula is C16H21NO2. The predicted octanol–water partition coefficient (Wildman–Crippen LogP) is 2.43. The van der Waals surface area contributed by atoms with Gasteiger partial charge in [0.25, 0.3) is 0 Å². The maximum absolute atomic E-state index is 12.2. The molecule has 0 unspecified atom stereocenters. The van der Waals surface area contributed by atoms with Gasteiger partial charge in [0.05, 0.1) is 12.5 Å². The molecule has 1 heterocycles. The van der Waals surface area contributed by atoms with Crippen molar-refractivity contribution < 1.29 is 9.53 Å². The standard InChI is InChI=1S/C16H21NO2/c1-19-15(18)16(12-17-9-5-6-10-17)11-14(16)13-7-3-2-4-8-13/h2-4,7-8,14H,5-6,9-12H2,1H3/t14-,16+/m1/s1.